The van der Waals surface area contributed by atoms with Crippen molar-refractivity contribution in [2.45, 2.75) is 31.0 Å². The topological polar surface area (TPSA) is 118 Å². The zero-order chi connectivity index (χ0) is 24.8. The molecule has 9 nitrogen and oxygen atoms in total. The van der Waals surface area contributed by atoms with Crippen LogP contribution in [0.2, 0.25) is 0 Å². The summed E-state index contributed by atoms with van der Waals surface area (Å²) in [6, 6.07) is -0.773. The Kier molecular flexibility index (Phi) is 5.53. The number of imide groups is 1. The van der Waals surface area contributed by atoms with Gasteiger partial charge in [-0.15, -0.1) is 8.78 Å². The number of aliphatic carboxylic acids is 1. The van der Waals surface area contributed by atoms with E-state index in [1.165, 1.54) is 12.4 Å². The number of urea groups is 1. The van der Waals surface area contributed by atoms with Crippen LogP contribution in [0.3, 0.4) is 0 Å². The highest BCUT2D eigenvalue weighted by atomic mass is 19.4. The standard InChI is InChI=1S/C20H14F5N3O6/c21-19(22,23)15(10-3-4-12-13(7-10)34-20(24,25)33-12)27-18(32)28-14(17(30)31)11(16(28)29)6-9-2-1-5-26-8-9/h1-5,7-8,11,14-15H,6H2,(H,27,32)(H,30,31)/t11-,14+,15+/m1/s1. The maximum Gasteiger partial charge on any atom is 0.586 e. The van der Waals surface area contributed by atoms with Crippen molar-refractivity contribution in [3.05, 3.63) is 53.9 Å². The lowest BCUT2D eigenvalue weighted by molar-refractivity contribution is -0.286. The Bertz CT molecular complexity index is 1140. The molecule has 1 fully saturated rings. The number of β-lactam (4-membered cyclic amide) rings is 1. The normalized spacial score (nSPS) is 21.6. The summed E-state index contributed by atoms with van der Waals surface area (Å²) in [4.78, 5) is 40.7. The van der Waals surface area contributed by atoms with Gasteiger partial charge in [-0.05, 0) is 35.7 Å². The van der Waals surface area contributed by atoms with Crippen molar-refractivity contribution in [3.63, 3.8) is 0 Å². The van der Waals surface area contributed by atoms with Crippen LogP contribution in [0.15, 0.2) is 42.7 Å². The van der Waals surface area contributed by atoms with Gasteiger partial charge in [-0.1, -0.05) is 12.1 Å². The summed E-state index contributed by atoms with van der Waals surface area (Å²) in [5, 5.41) is 11.0. The van der Waals surface area contributed by atoms with Gasteiger partial charge in [0.25, 0.3) is 0 Å². The van der Waals surface area contributed by atoms with Crippen LogP contribution in [-0.4, -0.2) is 51.4 Å². The van der Waals surface area contributed by atoms with Crippen LogP contribution in [0, 0.1) is 5.92 Å². The lowest BCUT2D eigenvalue weighted by Crippen LogP contribution is -2.69. The van der Waals surface area contributed by atoms with Crippen LogP contribution in [0.4, 0.5) is 26.7 Å². The molecule has 1 aromatic heterocycles. The molecule has 0 aliphatic carbocycles. The molecule has 1 saturated heterocycles. The van der Waals surface area contributed by atoms with E-state index >= 15 is 0 Å². The number of benzene rings is 1. The number of carbonyl (C=O) groups excluding carboxylic acids is 2. The van der Waals surface area contributed by atoms with E-state index < -0.39 is 65.4 Å². The van der Waals surface area contributed by atoms with Gasteiger partial charge >= 0.3 is 24.5 Å². The van der Waals surface area contributed by atoms with Crippen LogP contribution in [-0.2, 0) is 16.0 Å². The van der Waals surface area contributed by atoms with Crippen LogP contribution >= 0.6 is 0 Å². The number of nitrogens with one attached hydrogen (secondary N) is 1. The Labute approximate surface area is 187 Å². The molecule has 3 heterocycles. The zero-order valence-electron chi connectivity index (χ0n) is 16.8. The molecule has 3 atom stereocenters. The average molecular weight is 487 g/mol. The van der Waals surface area contributed by atoms with Gasteiger partial charge in [0.05, 0.1) is 5.92 Å². The number of hydrogen-bond donors (Lipinski definition) is 2. The highest BCUT2D eigenvalue weighted by Crippen LogP contribution is 2.44. The molecular weight excluding hydrogens is 473 g/mol. The van der Waals surface area contributed by atoms with Crippen molar-refractivity contribution in [2.24, 2.45) is 5.92 Å². The van der Waals surface area contributed by atoms with Crippen molar-refractivity contribution in [1.82, 2.24) is 15.2 Å². The Hall–Kier alpha value is -3.97. The number of carbonyl (C=O) groups is 3. The van der Waals surface area contributed by atoms with Gasteiger partial charge in [0.15, 0.2) is 23.6 Å². The molecule has 1 aromatic carbocycles. The summed E-state index contributed by atoms with van der Waals surface area (Å²) in [7, 11) is 0. The zero-order valence-corrected chi connectivity index (χ0v) is 16.8. The van der Waals surface area contributed by atoms with E-state index in [0.29, 0.717) is 11.6 Å². The fraction of sp³-hybridized carbons (Fsp3) is 0.300. The number of nitrogens with zero attached hydrogens (tertiary/aromatic N) is 2. The minimum absolute atomic E-state index is 0.0908. The molecule has 0 bridgehead atoms. The summed E-state index contributed by atoms with van der Waals surface area (Å²) in [5.74, 6) is -4.96. The molecule has 4 rings (SSSR count). The maximum absolute atomic E-state index is 13.7. The van der Waals surface area contributed by atoms with Crippen LogP contribution in [0.25, 0.3) is 0 Å². The van der Waals surface area contributed by atoms with E-state index in [1.807, 2.05) is 0 Å². The highest BCUT2D eigenvalue weighted by molar-refractivity contribution is 6.07. The first-order valence-electron chi connectivity index (χ1n) is 9.59. The van der Waals surface area contributed by atoms with Crippen molar-refractivity contribution in [2.75, 3.05) is 0 Å². The molecule has 0 spiro atoms. The van der Waals surface area contributed by atoms with E-state index in [9.17, 15) is 41.4 Å². The number of likely N-dealkylation sites (tertiary alicyclic amines) is 1. The smallest absolute Gasteiger partial charge is 0.480 e. The quantitative estimate of drug-likeness (QED) is 0.492. The molecule has 0 unspecified atom stereocenters. The van der Waals surface area contributed by atoms with Gasteiger partial charge in [-0.2, -0.15) is 13.2 Å². The molecule has 14 heteroatoms. The maximum atomic E-state index is 13.7. The molecule has 2 aromatic rings. The molecule has 2 aliphatic heterocycles. The average Bonchev–Trinajstić information content (AvgIpc) is 3.06. The fourth-order valence-electron chi connectivity index (χ4n) is 3.72. The van der Waals surface area contributed by atoms with Crippen molar-refractivity contribution in [3.8, 4) is 11.5 Å². The molecule has 3 amide bonds. The number of carboxylic acid groups (broad SMARTS) is 1. The number of alkyl halides is 5. The molecule has 0 radical (unpaired) electrons. The van der Waals surface area contributed by atoms with Gasteiger partial charge in [0.1, 0.15) is 0 Å². The number of halogens is 5. The third-order valence-corrected chi connectivity index (χ3v) is 5.22. The molecule has 2 N–H and O–H groups in total. The number of fused-ring (bicyclic) bond motifs is 1. The van der Waals surface area contributed by atoms with Gasteiger partial charge < -0.3 is 19.9 Å². The summed E-state index contributed by atoms with van der Waals surface area (Å²) < 4.78 is 75.8. The molecule has 2 aliphatic rings. The fourth-order valence-corrected chi connectivity index (χ4v) is 3.72. The lowest BCUT2D eigenvalue weighted by atomic mass is 9.83. The summed E-state index contributed by atoms with van der Waals surface area (Å²) in [6.45, 7) is 0. The van der Waals surface area contributed by atoms with Crippen LogP contribution in [0.5, 0.6) is 11.5 Å². The summed E-state index contributed by atoms with van der Waals surface area (Å²) >= 11 is 0. The number of amides is 3. The Morgan fingerprint density at radius 1 is 1.21 bits per heavy atom. The molecule has 180 valence electrons. The largest absolute Gasteiger partial charge is 0.586 e. The Morgan fingerprint density at radius 2 is 1.91 bits per heavy atom. The number of carboxylic acids is 1. The molecule has 34 heavy (non-hydrogen) atoms. The molecule has 0 saturated carbocycles. The second kappa shape index (κ2) is 8.11. The van der Waals surface area contributed by atoms with E-state index in [0.717, 1.165) is 12.1 Å². The second-order valence-corrected chi connectivity index (χ2v) is 7.46. The second-order valence-electron chi connectivity index (χ2n) is 7.46. The Balaban J connectivity index is 1.55. The minimum Gasteiger partial charge on any atom is -0.480 e. The highest BCUT2D eigenvalue weighted by Gasteiger charge is 2.56. The number of pyridine rings is 1. The molecular formula is C20H14F5N3O6. The summed E-state index contributed by atoms with van der Waals surface area (Å²) in [5.41, 5.74) is -0.204. The Morgan fingerprint density at radius 3 is 2.53 bits per heavy atom. The first-order chi connectivity index (χ1) is 15.9. The minimum atomic E-state index is -5.13. The van der Waals surface area contributed by atoms with Crippen molar-refractivity contribution >= 4 is 17.9 Å². The first kappa shape index (κ1) is 23.2. The first-order valence-corrected chi connectivity index (χ1v) is 9.59. The summed E-state index contributed by atoms with van der Waals surface area (Å²) in [6.07, 6.45) is -6.45. The predicted octanol–water partition coefficient (Wildman–Crippen LogP) is 2.87. The van der Waals surface area contributed by atoms with E-state index in [1.54, 1.807) is 17.4 Å². The van der Waals surface area contributed by atoms with Crippen LogP contribution in [0.1, 0.15) is 17.2 Å². The monoisotopic (exact) mass is 487 g/mol. The predicted molar refractivity (Wildman–Crippen MR) is 99.7 cm³/mol. The van der Waals surface area contributed by atoms with Gasteiger partial charge in [0, 0.05) is 12.4 Å². The van der Waals surface area contributed by atoms with E-state index in [2.05, 4.69) is 14.5 Å². The van der Waals surface area contributed by atoms with E-state index in [-0.39, 0.29) is 11.3 Å². The van der Waals surface area contributed by atoms with Crippen molar-refractivity contribution < 1.29 is 50.9 Å². The van der Waals surface area contributed by atoms with Gasteiger partial charge in [-0.3, -0.25) is 9.78 Å². The third kappa shape index (κ3) is 4.30. The number of rotatable bonds is 5. The van der Waals surface area contributed by atoms with Gasteiger partial charge in [0.2, 0.25) is 5.91 Å². The van der Waals surface area contributed by atoms with Gasteiger partial charge in [-0.25, -0.2) is 14.5 Å². The number of hydrogen-bond acceptors (Lipinski definition) is 6. The lowest BCUT2D eigenvalue weighted by Gasteiger charge is -2.43. The number of aromatic nitrogens is 1. The van der Waals surface area contributed by atoms with Crippen molar-refractivity contribution in [1.29, 1.82) is 0 Å². The SMILES string of the molecule is O=C(O)[C@@H]1[C@@H](Cc2cccnc2)C(=O)N1C(=O)N[C@@H](c1ccc2c(c1)OC(F)(F)O2)C(F)(F)F. The number of ether oxygens (including phenoxy) is 2. The third-order valence-electron chi connectivity index (χ3n) is 5.22. The van der Waals surface area contributed by atoms with Crippen LogP contribution < -0.4 is 14.8 Å². The van der Waals surface area contributed by atoms with E-state index in [4.69, 9.17) is 0 Å².